The van der Waals surface area contributed by atoms with E-state index in [4.69, 9.17) is 0 Å². The molecule has 0 aliphatic rings. The highest BCUT2D eigenvalue weighted by Gasteiger charge is 2.36. The molecule has 1 heterocycles. The lowest BCUT2D eigenvalue weighted by Crippen LogP contribution is -2.15. The van der Waals surface area contributed by atoms with Gasteiger partial charge in [0.05, 0.1) is 0 Å². The van der Waals surface area contributed by atoms with Crippen LogP contribution < -0.4 is 5.32 Å². The molecule has 0 aliphatic carbocycles. The van der Waals surface area contributed by atoms with Gasteiger partial charge in [-0.05, 0) is 6.42 Å². The summed E-state index contributed by atoms with van der Waals surface area (Å²) in [5.41, 5.74) is 0. The third-order valence-electron chi connectivity index (χ3n) is 2.07. The van der Waals surface area contributed by atoms with Crippen molar-refractivity contribution in [2.75, 3.05) is 18.1 Å². The Hall–Kier alpha value is -0.700. The van der Waals surface area contributed by atoms with Gasteiger partial charge in [-0.3, -0.25) is 4.21 Å². The number of halogens is 3. The molecule has 0 aromatic carbocycles. The number of hydrogen-bond acceptors (Lipinski definition) is 5. The second kappa shape index (κ2) is 5.76. The Morgan fingerprint density at radius 3 is 2.65 bits per heavy atom. The predicted octanol–water partition coefficient (Wildman–Crippen LogP) is 2.13. The Balaban J connectivity index is 2.43. The van der Waals surface area contributed by atoms with Gasteiger partial charge in [0.2, 0.25) is 11.0 Å². The van der Waals surface area contributed by atoms with Crippen molar-refractivity contribution in [2.45, 2.75) is 24.8 Å². The molecule has 2 unspecified atom stereocenters. The van der Waals surface area contributed by atoms with E-state index in [2.05, 4.69) is 14.7 Å². The lowest BCUT2D eigenvalue weighted by Gasteiger charge is -2.07. The molecule has 1 N–H and O–H groups in total. The molecule has 0 fully saturated rings. The highest BCUT2D eigenvalue weighted by molar-refractivity contribution is 7.84. The molecule has 98 valence electrons. The van der Waals surface area contributed by atoms with Crippen molar-refractivity contribution in [3.05, 3.63) is 5.82 Å². The minimum atomic E-state index is -4.51. The Kier molecular flexibility index (Phi) is 4.87. The number of nitrogens with one attached hydrogen (secondary N) is 1. The first-order valence-corrected chi connectivity index (χ1v) is 7.17. The van der Waals surface area contributed by atoms with Crippen LogP contribution in [0, 0.1) is 0 Å². The standard InChI is InChI=1S/C8H12F3N3OS2/c1-5(17(2)15)3-4-12-7-13-6(14-16-7)8(9,10)11/h5H,3-4H2,1-2H3,(H,12,13,14). The monoisotopic (exact) mass is 287 g/mol. The average Bonchev–Trinajstić information content (AvgIpc) is 2.65. The molecule has 0 radical (unpaired) electrons. The van der Waals surface area contributed by atoms with Gasteiger partial charge < -0.3 is 5.32 Å². The lowest BCUT2D eigenvalue weighted by molar-refractivity contribution is -0.144. The van der Waals surface area contributed by atoms with Crippen molar-refractivity contribution in [2.24, 2.45) is 0 Å². The van der Waals surface area contributed by atoms with Crippen molar-refractivity contribution in [1.82, 2.24) is 9.36 Å². The summed E-state index contributed by atoms with van der Waals surface area (Å²) in [5, 5.41) is 2.86. The maximum absolute atomic E-state index is 12.2. The normalized spacial score (nSPS) is 15.6. The molecular weight excluding hydrogens is 275 g/mol. The summed E-state index contributed by atoms with van der Waals surface area (Å²) in [6, 6.07) is 0. The largest absolute Gasteiger partial charge is 0.452 e. The van der Waals surface area contributed by atoms with Crippen LogP contribution in [0.3, 0.4) is 0 Å². The van der Waals surface area contributed by atoms with E-state index >= 15 is 0 Å². The van der Waals surface area contributed by atoms with Crippen LogP contribution in [-0.4, -0.2) is 31.6 Å². The molecule has 4 nitrogen and oxygen atoms in total. The fourth-order valence-corrected chi connectivity index (χ4v) is 2.02. The molecule has 1 rings (SSSR count). The first-order chi connectivity index (χ1) is 7.80. The molecule has 2 atom stereocenters. The Morgan fingerprint density at radius 2 is 2.18 bits per heavy atom. The summed E-state index contributed by atoms with van der Waals surface area (Å²) < 4.78 is 50.7. The van der Waals surface area contributed by atoms with Crippen LogP contribution in [0.4, 0.5) is 18.3 Å². The van der Waals surface area contributed by atoms with Crippen LogP contribution in [0.2, 0.25) is 0 Å². The van der Waals surface area contributed by atoms with Crippen molar-refractivity contribution in [3.8, 4) is 0 Å². The number of anilines is 1. The number of alkyl halides is 3. The van der Waals surface area contributed by atoms with Gasteiger partial charge in [-0.1, -0.05) is 6.92 Å². The number of rotatable bonds is 5. The SMILES string of the molecule is CC(CCNc1nc(C(F)(F)F)ns1)S(C)=O. The van der Waals surface area contributed by atoms with Crippen LogP contribution >= 0.6 is 11.5 Å². The fraction of sp³-hybridized carbons (Fsp3) is 0.750. The minimum absolute atomic E-state index is 0.00231. The molecule has 0 amide bonds. The third kappa shape index (κ3) is 4.58. The number of nitrogens with zero attached hydrogens (tertiary/aromatic N) is 2. The van der Waals surface area contributed by atoms with E-state index in [1.165, 1.54) is 0 Å². The Labute approximate surface area is 103 Å². The van der Waals surface area contributed by atoms with Gasteiger partial charge in [0.15, 0.2) is 0 Å². The molecule has 9 heteroatoms. The van der Waals surface area contributed by atoms with E-state index in [1.54, 1.807) is 6.26 Å². The van der Waals surface area contributed by atoms with Gasteiger partial charge in [0.1, 0.15) is 0 Å². The maximum atomic E-state index is 12.2. The van der Waals surface area contributed by atoms with Crippen molar-refractivity contribution < 1.29 is 17.4 Å². The van der Waals surface area contributed by atoms with E-state index in [-0.39, 0.29) is 10.4 Å². The highest BCUT2D eigenvalue weighted by atomic mass is 32.2. The molecule has 0 spiro atoms. The number of hydrogen-bond donors (Lipinski definition) is 1. The first-order valence-electron chi connectivity index (χ1n) is 4.77. The van der Waals surface area contributed by atoms with Gasteiger partial charge in [0.25, 0.3) is 0 Å². The van der Waals surface area contributed by atoms with Gasteiger partial charge >= 0.3 is 6.18 Å². The fourth-order valence-electron chi connectivity index (χ4n) is 0.959. The molecule has 17 heavy (non-hydrogen) atoms. The maximum Gasteiger partial charge on any atom is 0.452 e. The zero-order valence-electron chi connectivity index (χ0n) is 9.24. The van der Waals surface area contributed by atoms with Crippen LogP contribution in [0.5, 0.6) is 0 Å². The quantitative estimate of drug-likeness (QED) is 0.901. The molecule has 1 aromatic rings. The van der Waals surface area contributed by atoms with Crippen LogP contribution in [0.15, 0.2) is 0 Å². The smallest absolute Gasteiger partial charge is 0.360 e. The summed E-state index contributed by atoms with van der Waals surface area (Å²) in [6.07, 6.45) is -2.31. The predicted molar refractivity (Wildman–Crippen MR) is 61.5 cm³/mol. The zero-order valence-corrected chi connectivity index (χ0v) is 10.9. The highest BCUT2D eigenvalue weighted by Crippen LogP contribution is 2.28. The summed E-state index contributed by atoms with van der Waals surface area (Å²) in [6.45, 7) is 2.24. The molecule has 0 saturated carbocycles. The van der Waals surface area contributed by atoms with E-state index < -0.39 is 22.8 Å². The minimum Gasteiger partial charge on any atom is -0.360 e. The molecule has 0 aliphatic heterocycles. The van der Waals surface area contributed by atoms with E-state index in [1.807, 2.05) is 6.92 Å². The summed E-state index contributed by atoms with van der Waals surface area (Å²) in [7, 11) is -0.930. The van der Waals surface area contributed by atoms with Crippen molar-refractivity contribution in [3.63, 3.8) is 0 Å². The average molecular weight is 287 g/mol. The summed E-state index contributed by atoms with van der Waals surface area (Å²) in [5.74, 6) is -1.13. The van der Waals surface area contributed by atoms with Gasteiger partial charge in [0, 0.05) is 40.4 Å². The molecular formula is C8H12F3N3OS2. The second-order valence-electron chi connectivity index (χ2n) is 3.45. The Bertz CT molecular complexity index is 394. The summed E-state index contributed by atoms with van der Waals surface area (Å²) in [4.78, 5) is 3.32. The van der Waals surface area contributed by atoms with Gasteiger partial charge in [-0.2, -0.15) is 22.5 Å². The van der Waals surface area contributed by atoms with E-state index in [0.717, 1.165) is 0 Å². The second-order valence-corrected chi connectivity index (χ2v) is 6.00. The van der Waals surface area contributed by atoms with Gasteiger partial charge in [-0.15, -0.1) is 0 Å². The molecule has 0 saturated heterocycles. The lowest BCUT2D eigenvalue weighted by atomic mass is 10.3. The molecule has 1 aromatic heterocycles. The van der Waals surface area contributed by atoms with E-state index in [0.29, 0.717) is 24.5 Å². The van der Waals surface area contributed by atoms with Gasteiger partial charge in [-0.25, -0.2) is 0 Å². The number of aromatic nitrogens is 2. The van der Waals surface area contributed by atoms with Crippen molar-refractivity contribution >= 4 is 27.5 Å². The zero-order chi connectivity index (χ0) is 13.1. The molecule has 0 bridgehead atoms. The van der Waals surface area contributed by atoms with Crippen molar-refractivity contribution in [1.29, 1.82) is 0 Å². The Morgan fingerprint density at radius 1 is 1.53 bits per heavy atom. The third-order valence-corrected chi connectivity index (χ3v) is 4.12. The van der Waals surface area contributed by atoms with Crippen LogP contribution in [-0.2, 0) is 17.0 Å². The topological polar surface area (TPSA) is 54.9 Å². The van der Waals surface area contributed by atoms with E-state index in [9.17, 15) is 17.4 Å². The van der Waals surface area contributed by atoms with Crippen LogP contribution in [0.25, 0.3) is 0 Å². The van der Waals surface area contributed by atoms with Crippen LogP contribution in [0.1, 0.15) is 19.2 Å². The first kappa shape index (κ1) is 14.4. The summed E-state index contributed by atoms with van der Waals surface area (Å²) >= 11 is 0.668.